The normalized spacial score (nSPS) is 28.5. The van der Waals surface area contributed by atoms with E-state index < -0.39 is 10.0 Å². The van der Waals surface area contributed by atoms with Crippen molar-refractivity contribution in [3.63, 3.8) is 0 Å². The maximum absolute atomic E-state index is 12.5. The van der Waals surface area contributed by atoms with Crippen molar-refractivity contribution in [1.29, 1.82) is 0 Å². The molecule has 2 fully saturated rings. The number of benzene rings is 1. The lowest BCUT2D eigenvalue weighted by atomic mass is 10.0. The van der Waals surface area contributed by atoms with E-state index >= 15 is 0 Å². The first-order valence-corrected chi connectivity index (χ1v) is 8.08. The Morgan fingerprint density at radius 2 is 1.61 bits per heavy atom. The molecule has 1 aliphatic heterocycles. The quantitative estimate of drug-likeness (QED) is 0.823. The number of hydrogen-bond donors (Lipinski definition) is 0. The van der Waals surface area contributed by atoms with Gasteiger partial charge in [-0.25, -0.2) is 8.42 Å². The van der Waals surface area contributed by atoms with Crippen LogP contribution < -0.4 is 0 Å². The van der Waals surface area contributed by atoms with Gasteiger partial charge in [0, 0.05) is 13.1 Å². The summed E-state index contributed by atoms with van der Waals surface area (Å²) >= 11 is 0. The van der Waals surface area contributed by atoms with E-state index in [0.29, 0.717) is 16.7 Å². The van der Waals surface area contributed by atoms with E-state index in [9.17, 15) is 8.42 Å². The molecule has 0 N–H and O–H groups in total. The van der Waals surface area contributed by atoms with E-state index in [1.165, 1.54) is 19.3 Å². The second-order valence-electron chi connectivity index (χ2n) is 5.59. The van der Waals surface area contributed by atoms with Crippen LogP contribution in [0.3, 0.4) is 0 Å². The molecule has 0 spiro atoms. The first kappa shape index (κ1) is 12.2. The number of fused-ring (bicyclic) bond motifs is 1. The summed E-state index contributed by atoms with van der Waals surface area (Å²) in [4.78, 5) is 0.438. The van der Waals surface area contributed by atoms with Crippen molar-refractivity contribution >= 4 is 10.0 Å². The molecule has 4 heteroatoms. The summed E-state index contributed by atoms with van der Waals surface area (Å²) in [6, 6.07) is 7.17. The van der Waals surface area contributed by atoms with Gasteiger partial charge in [0.2, 0.25) is 10.0 Å². The van der Waals surface area contributed by atoms with Crippen LogP contribution in [-0.4, -0.2) is 25.8 Å². The lowest BCUT2D eigenvalue weighted by Gasteiger charge is -2.17. The highest BCUT2D eigenvalue weighted by molar-refractivity contribution is 7.89. The highest BCUT2D eigenvalue weighted by Gasteiger charge is 2.41. The van der Waals surface area contributed by atoms with Crippen LogP contribution in [0.25, 0.3) is 0 Å². The molecule has 0 aromatic heterocycles. The maximum atomic E-state index is 12.5. The molecule has 1 saturated carbocycles. The Balaban J connectivity index is 1.85. The number of nitrogens with zero attached hydrogens (tertiary/aromatic N) is 1. The molecule has 2 atom stereocenters. The molecule has 0 bridgehead atoms. The summed E-state index contributed by atoms with van der Waals surface area (Å²) in [7, 11) is -3.26. The van der Waals surface area contributed by atoms with E-state index in [-0.39, 0.29) is 0 Å². The summed E-state index contributed by atoms with van der Waals surface area (Å²) in [6.45, 7) is 3.42. The van der Waals surface area contributed by atoms with Gasteiger partial charge in [0.05, 0.1) is 4.90 Å². The standard InChI is InChI=1S/C14H19NO2S/c1-11-5-7-14(8-6-11)18(16,17)15-9-12-3-2-4-13(12)10-15/h5-8,12-13H,2-4,9-10H2,1H3/t12-,13+. The van der Waals surface area contributed by atoms with E-state index in [1.807, 2.05) is 19.1 Å². The van der Waals surface area contributed by atoms with Gasteiger partial charge in [-0.3, -0.25) is 0 Å². The number of aryl methyl sites for hydroxylation is 1. The van der Waals surface area contributed by atoms with E-state index in [0.717, 1.165) is 18.7 Å². The second-order valence-corrected chi connectivity index (χ2v) is 7.52. The number of sulfonamides is 1. The molecule has 18 heavy (non-hydrogen) atoms. The van der Waals surface area contributed by atoms with Crippen molar-refractivity contribution < 1.29 is 8.42 Å². The molecule has 1 aromatic rings. The van der Waals surface area contributed by atoms with Crippen LogP contribution in [0.5, 0.6) is 0 Å². The summed E-state index contributed by atoms with van der Waals surface area (Å²) < 4.78 is 26.7. The fourth-order valence-corrected chi connectivity index (χ4v) is 4.80. The van der Waals surface area contributed by atoms with Crippen LogP contribution in [0.2, 0.25) is 0 Å². The Morgan fingerprint density at radius 3 is 2.17 bits per heavy atom. The first-order valence-electron chi connectivity index (χ1n) is 6.64. The fraction of sp³-hybridized carbons (Fsp3) is 0.571. The van der Waals surface area contributed by atoms with Gasteiger partial charge in [-0.05, 0) is 43.7 Å². The van der Waals surface area contributed by atoms with Crippen molar-refractivity contribution in [2.24, 2.45) is 11.8 Å². The zero-order valence-corrected chi connectivity index (χ0v) is 11.5. The van der Waals surface area contributed by atoms with Gasteiger partial charge in [0.15, 0.2) is 0 Å². The van der Waals surface area contributed by atoms with Crippen molar-refractivity contribution in [2.45, 2.75) is 31.1 Å². The molecular weight excluding hydrogens is 246 g/mol. The molecule has 1 aromatic carbocycles. The highest BCUT2D eigenvalue weighted by Crippen LogP contribution is 2.39. The van der Waals surface area contributed by atoms with Crippen LogP contribution in [-0.2, 0) is 10.0 Å². The minimum atomic E-state index is -3.26. The summed E-state index contributed by atoms with van der Waals surface area (Å²) in [5.74, 6) is 1.20. The molecule has 3 rings (SSSR count). The molecule has 1 saturated heterocycles. The Kier molecular flexibility index (Phi) is 2.94. The molecule has 1 aliphatic carbocycles. The molecule has 98 valence electrons. The molecule has 0 unspecified atom stereocenters. The molecular formula is C14H19NO2S. The summed E-state index contributed by atoms with van der Waals surface area (Å²) in [6.07, 6.45) is 3.67. The van der Waals surface area contributed by atoms with E-state index in [1.54, 1.807) is 16.4 Å². The molecule has 1 heterocycles. The first-order chi connectivity index (χ1) is 8.57. The summed E-state index contributed by atoms with van der Waals surface area (Å²) in [5, 5.41) is 0. The van der Waals surface area contributed by atoms with Crippen LogP contribution in [0.15, 0.2) is 29.2 Å². The van der Waals surface area contributed by atoms with Gasteiger partial charge in [-0.2, -0.15) is 4.31 Å². The van der Waals surface area contributed by atoms with Gasteiger partial charge in [0.25, 0.3) is 0 Å². The van der Waals surface area contributed by atoms with E-state index in [2.05, 4.69) is 0 Å². The van der Waals surface area contributed by atoms with E-state index in [4.69, 9.17) is 0 Å². The molecule has 0 radical (unpaired) electrons. The van der Waals surface area contributed by atoms with Gasteiger partial charge in [-0.1, -0.05) is 24.1 Å². The predicted octanol–water partition coefficient (Wildman–Crippen LogP) is 2.42. The minimum Gasteiger partial charge on any atom is -0.207 e. The van der Waals surface area contributed by atoms with Crippen LogP contribution >= 0.6 is 0 Å². The second kappa shape index (κ2) is 4.35. The maximum Gasteiger partial charge on any atom is 0.243 e. The molecule has 3 nitrogen and oxygen atoms in total. The summed E-state index contributed by atoms with van der Waals surface area (Å²) in [5.41, 5.74) is 1.09. The molecule has 2 aliphatic rings. The Labute approximate surface area is 109 Å². The average Bonchev–Trinajstić information content (AvgIpc) is 2.89. The average molecular weight is 265 g/mol. The van der Waals surface area contributed by atoms with Crippen LogP contribution in [0, 0.1) is 18.8 Å². The van der Waals surface area contributed by atoms with Crippen LogP contribution in [0.1, 0.15) is 24.8 Å². The zero-order valence-electron chi connectivity index (χ0n) is 10.7. The van der Waals surface area contributed by atoms with Crippen molar-refractivity contribution in [2.75, 3.05) is 13.1 Å². The number of rotatable bonds is 2. The van der Waals surface area contributed by atoms with Gasteiger partial charge in [-0.15, -0.1) is 0 Å². The van der Waals surface area contributed by atoms with Gasteiger partial charge in [0.1, 0.15) is 0 Å². The monoisotopic (exact) mass is 265 g/mol. The topological polar surface area (TPSA) is 37.4 Å². The molecule has 0 amide bonds. The van der Waals surface area contributed by atoms with Crippen molar-refractivity contribution in [3.05, 3.63) is 29.8 Å². The minimum absolute atomic E-state index is 0.438. The highest BCUT2D eigenvalue weighted by atomic mass is 32.2. The number of hydrogen-bond acceptors (Lipinski definition) is 2. The van der Waals surface area contributed by atoms with Crippen molar-refractivity contribution in [3.8, 4) is 0 Å². The smallest absolute Gasteiger partial charge is 0.207 e. The predicted molar refractivity (Wildman–Crippen MR) is 70.8 cm³/mol. The van der Waals surface area contributed by atoms with Crippen LogP contribution in [0.4, 0.5) is 0 Å². The SMILES string of the molecule is Cc1ccc(S(=O)(=O)N2C[C@H]3CCC[C@H]3C2)cc1. The lowest BCUT2D eigenvalue weighted by molar-refractivity contribution is 0.445. The fourth-order valence-electron chi connectivity index (χ4n) is 3.25. The third-order valence-corrected chi connectivity index (χ3v) is 6.20. The Hall–Kier alpha value is -0.870. The lowest BCUT2D eigenvalue weighted by Crippen LogP contribution is -2.29. The Morgan fingerprint density at radius 1 is 1.06 bits per heavy atom. The Bertz CT molecular complexity index is 523. The third kappa shape index (κ3) is 1.97. The largest absolute Gasteiger partial charge is 0.243 e. The van der Waals surface area contributed by atoms with Gasteiger partial charge >= 0.3 is 0 Å². The third-order valence-electron chi connectivity index (χ3n) is 4.35. The van der Waals surface area contributed by atoms with Gasteiger partial charge < -0.3 is 0 Å². The zero-order chi connectivity index (χ0) is 12.8. The van der Waals surface area contributed by atoms with Crippen molar-refractivity contribution in [1.82, 2.24) is 4.31 Å².